The minimum absolute atomic E-state index is 0.774. The number of aromatic nitrogens is 2. The zero-order valence-corrected chi connectivity index (χ0v) is 9.22. The number of ether oxygens (including phenoxy) is 1. The van der Waals surface area contributed by atoms with Crippen LogP contribution in [0.4, 0.5) is 0 Å². The van der Waals surface area contributed by atoms with Crippen LogP contribution < -0.4 is 4.57 Å². The standard InChI is InChI=1S/C10H19N2O/c1-8-9(2)12(6-7-13-5)10(3)11(8)4/h6-7H2,1-5H3/q+1. The van der Waals surface area contributed by atoms with Crippen LogP contribution in [0.2, 0.25) is 0 Å². The van der Waals surface area contributed by atoms with Crippen LogP contribution in [-0.4, -0.2) is 18.3 Å². The van der Waals surface area contributed by atoms with Crippen molar-refractivity contribution in [2.24, 2.45) is 7.05 Å². The van der Waals surface area contributed by atoms with Crippen LogP contribution in [0.5, 0.6) is 0 Å². The Morgan fingerprint density at radius 1 is 1.31 bits per heavy atom. The molecule has 1 rings (SSSR count). The molecule has 0 amide bonds. The highest BCUT2D eigenvalue weighted by Crippen LogP contribution is 2.06. The number of rotatable bonds is 3. The Morgan fingerprint density at radius 3 is 2.31 bits per heavy atom. The van der Waals surface area contributed by atoms with Crippen molar-refractivity contribution in [3.05, 3.63) is 17.2 Å². The fourth-order valence-electron chi connectivity index (χ4n) is 1.62. The average molecular weight is 183 g/mol. The van der Waals surface area contributed by atoms with Crippen molar-refractivity contribution >= 4 is 0 Å². The molecule has 0 N–H and O–H groups in total. The summed E-state index contributed by atoms with van der Waals surface area (Å²) in [6.45, 7) is 8.14. The van der Waals surface area contributed by atoms with Gasteiger partial charge in [-0.15, -0.1) is 0 Å². The number of methoxy groups -OCH3 is 1. The average Bonchev–Trinajstić information content (AvgIpc) is 2.30. The van der Waals surface area contributed by atoms with Crippen LogP contribution in [0, 0.1) is 20.8 Å². The Morgan fingerprint density at radius 2 is 1.92 bits per heavy atom. The third-order valence-corrected chi connectivity index (χ3v) is 2.83. The first-order valence-corrected chi connectivity index (χ1v) is 4.60. The van der Waals surface area contributed by atoms with Crippen LogP contribution in [0.3, 0.4) is 0 Å². The molecule has 3 nitrogen and oxygen atoms in total. The van der Waals surface area contributed by atoms with E-state index in [4.69, 9.17) is 4.74 Å². The minimum Gasteiger partial charge on any atom is -0.381 e. The first kappa shape index (κ1) is 10.3. The van der Waals surface area contributed by atoms with Gasteiger partial charge < -0.3 is 4.74 Å². The van der Waals surface area contributed by atoms with Crippen LogP contribution in [0.1, 0.15) is 17.2 Å². The summed E-state index contributed by atoms with van der Waals surface area (Å²) in [5.41, 5.74) is 2.66. The molecule has 0 fully saturated rings. The Kier molecular flexibility index (Phi) is 3.09. The van der Waals surface area contributed by atoms with E-state index in [1.807, 2.05) is 0 Å². The largest absolute Gasteiger partial charge is 0.381 e. The van der Waals surface area contributed by atoms with Crippen LogP contribution in [0.25, 0.3) is 0 Å². The minimum atomic E-state index is 0.774. The van der Waals surface area contributed by atoms with E-state index in [1.54, 1.807) is 7.11 Å². The fraction of sp³-hybridized carbons (Fsp3) is 0.700. The maximum absolute atomic E-state index is 5.07. The second kappa shape index (κ2) is 3.92. The molecular formula is C10H19N2O+. The van der Waals surface area contributed by atoms with Gasteiger partial charge in [0.1, 0.15) is 17.9 Å². The molecule has 0 saturated heterocycles. The molecule has 0 atom stereocenters. The van der Waals surface area contributed by atoms with Gasteiger partial charge in [0.15, 0.2) is 0 Å². The number of nitrogens with zero attached hydrogens (tertiary/aromatic N) is 2. The summed E-state index contributed by atoms with van der Waals surface area (Å²) < 4.78 is 9.58. The predicted octanol–water partition coefficient (Wildman–Crippen LogP) is 0.884. The van der Waals surface area contributed by atoms with E-state index in [0.29, 0.717) is 0 Å². The molecule has 0 unspecified atom stereocenters. The molecule has 0 aliphatic carbocycles. The van der Waals surface area contributed by atoms with E-state index in [9.17, 15) is 0 Å². The fourth-order valence-corrected chi connectivity index (χ4v) is 1.62. The quantitative estimate of drug-likeness (QED) is 0.636. The van der Waals surface area contributed by atoms with Gasteiger partial charge in [-0.05, 0) is 0 Å². The molecule has 0 saturated carbocycles. The highest BCUT2D eigenvalue weighted by Gasteiger charge is 2.18. The second-order valence-electron chi connectivity index (χ2n) is 3.42. The van der Waals surface area contributed by atoms with Gasteiger partial charge in [0.05, 0.1) is 13.7 Å². The lowest BCUT2D eigenvalue weighted by Gasteiger charge is -1.99. The second-order valence-corrected chi connectivity index (χ2v) is 3.42. The third-order valence-electron chi connectivity index (χ3n) is 2.83. The third kappa shape index (κ3) is 1.75. The SMILES string of the molecule is COCCn1c(C)c(C)[n+](C)c1C. The van der Waals surface area contributed by atoms with E-state index in [2.05, 4.69) is 37.0 Å². The monoisotopic (exact) mass is 183 g/mol. The lowest BCUT2D eigenvalue weighted by molar-refractivity contribution is -0.683. The zero-order chi connectivity index (χ0) is 10.0. The van der Waals surface area contributed by atoms with Gasteiger partial charge in [0, 0.05) is 27.9 Å². The first-order valence-electron chi connectivity index (χ1n) is 4.60. The van der Waals surface area contributed by atoms with E-state index >= 15 is 0 Å². The lowest BCUT2D eigenvalue weighted by Crippen LogP contribution is -2.33. The lowest BCUT2D eigenvalue weighted by atomic mass is 10.4. The van der Waals surface area contributed by atoms with E-state index in [0.717, 1.165) is 13.2 Å². The molecule has 1 heterocycles. The van der Waals surface area contributed by atoms with Crippen molar-refractivity contribution in [1.29, 1.82) is 0 Å². The Hall–Kier alpha value is -0.830. The molecular weight excluding hydrogens is 164 g/mol. The van der Waals surface area contributed by atoms with Gasteiger partial charge in [0.25, 0.3) is 5.82 Å². The molecule has 74 valence electrons. The Balaban J connectivity index is 2.99. The summed E-state index contributed by atoms with van der Waals surface area (Å²) in [5.74, 6) is 1.28. The van der Waals surface area contributed by atoms with E-state index < -0.39 is 0 Å². The molecule has 1 aromatic heterocycles. The zero-order valence-electron chi connectivity index (χ0n) is 9.22. The normalized spacial score (nSPS) is 10.8. The highest BCUT2D eigenvalue weighted by atomic mass is 16.5. The number of hydrogen-bond donors (Lipinski definition) is 0. The smallest absolute Gasteiger partial charge is 0.253 e. The molecule has 0 aliphatic rings. The highest BCUT2D eigenvalue weighted by molar-refractivity contribution is 5.06. The van der Waals surface area contributed by atoms with Crippen molar-refractivity contribution in [2.75, 3.05) is 13.7 Å². The summed E-state index contributed by atoms with van der Waals surface area (Å²) in [6.07, 6.45) is 0. The number of imidazole rings is 1. The molecule has 0 bridgehead atoms. The van der Waals surface area contributed by atoms with Crippen molar-refractivity contribution < 1.29 is 9.30 Å². The van der Waals surface area contributed by atoms with Gasteiger partial charge in [-0.3, -0.25) is 0 Å². The summed E-state index contributed by atoms with van der Waals surface area (Å²) in [7, 11) is 3.84. The van der Waals surface area contributed by atoms with Crippen molar-refractivity contribution in [1.82, 2.24) is 4.57 Å². The van der Waals surface area contributed by atoms with E-state index in [-0.39, 0.29) is 0 Å². The van der Waals surface area contributed by atoms with Gasteiger partial charge in [-0.2, -0.15) is 0 Å². The summed E-state index contributed by atoms with van der Waals surface area (Å²) in [4.78, 5) is 0. The predicted molar refractivity (Wildman–Crippen MR) is 51.7 cm³/mol. The van der Waals surface area contributed by atoms with Crippen molar-refractivity contribution in [3.8, 4) is 0 Å². The molecule has 13 heavy (non-hydrogen) atoms. The van der Waals surface area contributed by atoms with Crippen molar-refractivity contribution in [2.45, 2.75) is 27.3 Å². The van der Waals surface area contributed by atoms with E-state index in [1.165, 1.54) is 17.2 Å². The number of hydrogen-bond acceptors (Lipinski definition) is 1. The summed E-state index contributed by atoms with van der Waals surface area (Å²) in [6, 6.07) is 0. The van der Waals surface area contributed by atoms with Crippen LogP contribution >= 0.6 is 0 Å². The topological polar surface area (TPSA) is 18.0 Å². The van der Waals surface area contributed by atoms with Gasteiger partial charge >= 0.3 is 0 Å². The van der Waals surface area contributed by atoms with Crippen LogP contribution in [-0.2, 0) is 18.3 Å². The molecule has 0 aliphatic heterocycles. The van der Waals surface area contributed by atoms with Gasteiger partial charge in [-0.1, -0.05) is 0 Å². The maximum Gasteiger partial charge on any atom is 0.253 e. The molecule has 0 spiro atoms. The molecule has 0 aromatic carbocycles. The molecule has 3 heteroatoms. The Bertz CT molecular complexity index is 277. The summed E-state index contributed by atoms with van der Waals surface area (Å²) in [5, 5.41) is 0. The Labute approximate surface area is 79.9 Å². The van der Waals surface area contributed by atoms with Gasteiger partial charge in [-0.25, -0.2) is 9.13 Å². The first-order chi connectivity index (χ1) is 6.09. The van der Waals surface area contributed by atoms with Gasteiger partial charge in [0.2, 0.25) is 0 Å². The maximum atomic E-state index is 5.07. The summed E-state index contributed by atoms with van der Waals surface area (Å²) >= 11 is 0. The van der Waals surface area contributed by atoms with Crippen molar-refractivity contribution in [3.63, 3.8) is 0 Å². The van der Waals surface area contributed by atoms with Crippen LogP contribution in [0.15, 0.2) is 0 Å². The molecule has 0 radical (unpaired) electrons. The molecule has 1 aromatic rings.